The van der Waals surface area contributed by atoms with Gasteiger partial charge in [-0.1, -0.05) is 30.3 Å². The lowest BCUT2D eigenvalue weighted by molar-refractivity contribution is -0.144. The predicted molar refractivity (Wildman–Crippen MR) is 76.3 cm³/mol. The molecular weight excluding hydrogens is 268 g/mol. The molecule has 3 fully saturated rings. The zero-order valence-corrected chi connectivity index (χ0v) is 12.0. The minimum Gasteiger partial charge on any atom is -0.445 e. The number of hydrogen-bond donors (Lipinski definition) is 0. The SMILES string of the molecule is O=C(OCc1ccccc1)N1C[C@H]2CON3CCC[C@]23C1. The van der Waals surface area contributed by atoms with Crippen LogP contribution in [0.5, 0.6) is 0 Å². The standard InChI is InChI=1S/C16H20N2O3/c19-15(20-10-13-5-2-1-3-6-13)17-9-14-11-21-18-8-4-7-16(14,18)12-17/h1-3,5-6,14H,4,7-12H2/t14-,16-/m0/s1. The zero-order valence-electron chi connectivity index (χ0n) is 12.0. The molecule has 0 bridgehead atoms. The van der Waals surface area contributed by atoms with Crippen molar-refractivity contribution >= 4 is 6.09 Å². The van der Waals surface area contributed by atoms with Crippen molar-refractivity contribution in [2.75, 3.05) is 26.2 Å². The lowest BCUT2D eigenvalue weighted by atomic mass is 9.87. The van der Waals surface area contributed by atoms with Gasteiger partial charge in [0.2, 0.25) is 0 Å². The Bertz CT molecular complexity index is 536. The van der Waals surface area contributed by atoms with Crippen LogP contribution in [0.15, 0.2) is 30.3 Å². The molecule has 1 amide bonds. The minimum absolute atomic E-state index is 0.0613. The highest BCUT2D eigenvalue weighted by atomic mass is 16.7. The molecule has 1 spiro atoms. The Kier molecular flexibility index (Phi) is 3.12. The Hall–Kier alpha value is -1.59. The highest BCUT2D eigenvalue weighted by Crippen LogP contribution is 2.46. The van der Waals surface area contributed by atoms with Gasteiger partial charge in [0.25, 0.3) is 0 Å². The molecule has 5 heteroatoms. The van der Waals surface area contributed by atoms with Crippen LogP contribution in [-0.4, -0.2) is 47.8 Å². The highest BCUT2D eigenvalue weighted by molar-refractivity contribution is 5.68. The van der Waals surface area contributed by atoms with Crippen molar-refractivity contribution in [1.29, 1.82) is 0 Å². The van der Waals surface area contributed by atoms with Crippen molar-refractivity contribution in [2.45, 2.75) is 25.0 Å². The number of benzene rings is 1. The third-order valence-electron chi connectivity index (χ3n) is 5.03. The van der Waals surface area contributed by atoms with Gasteiger partial charge < -0.3 is 9.64 Å². The molecule has 5 nitrogen and oxygen atoms in total. The van der Waals surface area contributed by atoms with E-state index < -0.39 is 0 Å². The molecule has 2 atom stereocenters. The monoisotopic (exact) mass is 288 g/mol. The van der Waals surface area contributed by atoms with E-state index in [0.717, 1.165) is 44.6 Å². The quantitative estimate of drug-likeness (QED) is 0.835. The Labute approximate surface area is 124 Å². The van der Waals surface area contributed by atoms with Crippen molar-refractivity contribution in [3.63, 3.8) is 0 Å². The van der Waals surface area contributed by atoms with Crippen molar-refractivity contribution in [2.24, 2.45) is 5.92 Å². The Morgan fingerprint density at radius 2 is 2.24 bits per heavy atom. The van der Waals surface area contributed by atoms with Crippen LogP contribution in [-0.2, 0) is 16.2 Å². The van der Waals surface area contributed by atoms with Gasteiger partial charge in [-0.25, -0.2) is 4.79 Å². The van der Waals surface area contributed by atoms with E-state index in [0.29, 0.717) is 12.5 Å². The zero-order chi connectivity index (χ0) is 14.3. The summed E-state index contributed by atoms with van der Waals surface area (Å²) >= 11 is 0. The number of likely N-dealkylation sites (tertiary alicyclic amines) is 1. The summed E-state index contributed by atoms with van der Waals surface area (Å²) < 4.78 is 5.45. The molecule has 0 aliphatic carbocycles. The van der Waals surface area contributed by atoms with Crippen LogP contribution < -0.4 is 0 Å². The molecule has 0 radical (unpaired) electrons. The molecule has 4 rings (SSSR count). The first-order chi connectivity index (χ1) is 10.3. The summed E-state index contributed by atoms with van der Waals surface area (Å²) in [5.41, 5.74) is 1.08. The molecule has 3 saturated heterocycles. The van der Waals surface area contributed by atoms with Gasteiger partial charge in [0, 0.05) is 25.6 Å². The molecule has 0 N–H and O–H groups in total. The van der Waals surface area contributed by atoms with Crippen LogP contribution in [0.2, 0.25) is 0 Å². The maximum Gasteiger partial charge on any atom is 0.410 e. The summed E-state index contributed by atoms with van der Waals surface area (Å²) in [5.74, 6) is 0.435. The van der Waals surface area contributed by atoms with Crippen LogP contribution in [0.4, 0.5) is 4.79 Å². The van der Waals surface area contributed by atoms with Gasteiger partial charge in [-0.15, -0.1) is 0 Å². The summed E-state index contributed by atoms with van der Waals surface area (Å²) in [6.07, 6.45) is 2.08. The molecule has 3 aliphatic heterocycles. The number of amides is 1. The van der Waals surface area contributed by atoms with E-state index in [4.69, 9.17) is 9.57 Å². The van der Waals surface area contributed by atoms with E-state index in [9.17, 15) is 4.79 Å². The number of hydrogen-bond acceptors (Lipinski definition) is 4. The molecule has 3 aliphatic rings. The number of ether oxygens (including phenoxy) is 1. The largest absolute Gasteiger partial charge is 0.445 e. The average molecular weight is 288 g/mol. The van der Waals surface area contributed by atoms with Crippen LogP contribution in [0.25, 0.3) is 0 Å². The second kappa shape index (κ2) is 5.00. The number of hydroxylamine groups is 2. The molecular formula is C16H20N2O3. The van der Waals surface area contributed by atoms with Gasteiger partial charge in [0.15, 0.2) is 0 Å². The first kappa shape index (κ1) is 13.1. The van der Waals surface area contributed by atoms with Gasteiger partial charge in [-0.3, -0.25) is 4.84 Å². The van der Waals surface area contributed by atoms with E-state index in [1.807, 2.05) is 35.2 Å². The summed E-state index contributed by atoms with van der Waals surface area (Å²) in [6, 6.07) is 9.81. The first-order valence-electron chi connectivity index (χ1n) is 7.64. The van der Waals surface area contributed by atoms with E-state index in [2.05, 4.69) is 5.06 Å². The molecule has 0 unspecified atom stereocenters. The van der Waals surface area contributed by atoms with E-state index in [1.165, 1.54) is 0 Å². The minimum atomic E-state index is -0.200. The van der Waals surface area contributed by atoms with Gasteiger partial charge in [0.1, 0.15) is 6.61 Å². The predicted octanol–water partition coefficient (Wildman–Crippen LogP) is 2.03. The smallest absolute Gasteiger partial charge is 0.410 e. The van der Waals surface area contributed by atoms with Crippen LogP contribution in [0.1, 0.15) is 18.4 Å². The molecule has 0 saturated carbocycles. The fraction of sp³-hybridized carbons (Fsp3) is 0.562. The van der Waals surface area contributed by atoms with Crippen LogP contribution >= 0.6 is 0 Å². The summed E-state index contributed by atoms with van der Waals surface area (Å²) in [7, 11) is 0. The van der Waals surface area contributed by atoms with Crippen molar-refractivity contribution in [3.05, 3.63) is 35.9 Å². The third kappa shape index (κ3) is 2.12. The summed E-state index contributed by atoms with van der Waals surface area (Å²) in [6.45, 7) is 3.56. The van der Waals surface area contributed by atoms with E-state index >= 15 is 0 Å². The van der Waals surface area contributed by atoms with Gasteiger partial charge in [-0.2, -0.15) is 5.06 Å². The fourth-order valence-electron chi connectivity index (χ4n) is 3.93. The molecule has 3 heterocycles. The van der Waals surface area contributed by atoms with Gasteiger partial charge in [-0.05, 0) is 18.4 Å². The van der Waals surface area contributed by atoms with Crippen molar-refractivity contribution in [3.8, 4) is 0 Å². The lowest BCUT2D eigenvalue weighted by Crippen LogP contribution is -2.44. The normalized spacial score (nSPS) is 31.2. The Morgan fingerprint density at radius 1 is 1.38 bits per heavy atom. The summed E-state index contributed by atoms with van der Waals surface area (Å²) in [4.78, 5) is 19.9. The molecule has 1 aromatic carbocycles. The lowest BCUT2D eigenvalue weighted by Gasteiger charge is -2.29. The average Bonchev–Trinajstić information content (AvgIpc) is 3.15. The molecule has 1 aromatic rings. The second-order valence-corrected chi connectivity index (χ2v) is 6.22. The van der Waals surface area contributed by atoms with Crippen molar-refractivity contribution in [1.82, 2.24) is 9.96 Å². The maximum absolute atomic E-state index is 12.3. The van der Waals surface area contributed by atoms with Gasteiger partial charge in [0.05, 0.1) is 12.1 Å². The Balaban J connectivity index is 1.38. The van der Waals surface area contributed by atoms with E-state index in [1.54, 1.807) is 0 Å². The van der Waals surface area contributed by atoms with Gasteiger partial charge >= 0.3 is 6.09 Å². The number of nitrogens with zero attached hydrogens (tertiary/aromatic N) is 2. The van der Waals surface area contributed by atoms with Crippen LogP contribution in [0, 0.1) is 5.92 Å². The first-order valence-corrected chi connectivity index (χ1v) is 7.64. The fourth-order valence-corrected chi connectivity index (χ4v) is 3.93. The van der Waals surface area contributed by atoms with E-state index in [-0.39, 0.29) is 11.6 Å². The number of carbonyl (C=O) groups excluding carboxylic acids is 1. The maximum atomic E-state index is 12.3. The highest BCUT2D eigenvalue weighted by Gasteiger charge is 2.58. The molecule has 112 valence electrons. The number of carbonyl (C=O) groups is 1. The second-order valence-electron chi connectivity index (χ2n) is 6.22. The Morgan fingerprint density at radius 3 is 3.10 bits per heavy atom. The molecule has 0 aromatic heterocycles. The van der Waals surface area contributed by atoms with Crippen molar-refractivity contribution < 1.29 is 14.4 Å². The third-order valence-corrected chi connectivity index (χ3v) is 5.03. The summed E-state index contributed by atoms with van der Waals surface area (Å²) in [5, 5.41) is 2.11. The topological polar surface area (TPSA) is 42.0 Å². The number of rotatable bonds is 2. The molecule has 21 heavy (non-hydrogen) atoms. The van der Waals surface area contributed by atoms with Crippen LogP contribution in [0.3, 0.4) is 0 Å².